The predicted molar refractivity (Wildman–Crippen MR) is 80.2 cm³/mol. The van der Waals surface area contributed by atoms with E-state index < -0.39 is 18.2 Å². The van der Waals surface area contributed by atoms with Gasteiger partial charge in [-0.1, -0.05) is 17.7 Å². The second-order valence-corrected chi connectivity index (χ2v) is 5.58. The zero-order chi connectivity index (χ0) is 16.3. The Morgan fingerprint density at radius 3 is 2.91 bits per heavy atom. The van der Waals surface area contributed by atoms with E-state index in [9.17, 15) is 9.59 Å². The van der Waals surface area contributed by atoms with Crippen molar-refractivity contribution >= 4 is 23.5 Å². The van der Waals surface area contributed by atoms with Crippen LogP contribution < -0.4 is 4.74 Å². The van der Waals surface area contributed by atoms with Crippen molar-refractivity contribution in [2.24, 2.45) is 0 Å². The fourth-order valence-corrected chi connectivity index (χ4v) is 2.36. The number of hydrogen-bond acceptors (Lipinski definition) is 4. The summed E-state index contributed by atoms with van der Waals surface area (Å²) < 4.78 is 10.7. The van der Waals surface area contributed by atoms with Crippen LogP contribution in [0.15, 0.2) is 18.2 Å². The number of aryl methyl sites for hydroxylation is 1. The minimum absolute atomic E-state index is 0.0173. The molecule has 1 aliphatic heterocycles. The molecule has 0 radical (unpaired) electrons. The van der Waals surface area contributed by atoms with Gasteiger partial charge in [0, 0.05) is 6.54 Å². The molecule has 0 spiro atoms. The average molecular weight is 328 g/mol. The highest BCUT2D eigenvalue weighted by atomic mass is 35.5. The third kappa shape index (κ3) is 3.90. The Bertz CT molecular complexity index is 577. The first-order valence-corrected chi connectivity index (χ1v) is 7.32. The van der Waals surface area contributed by atoms with Crippen LogP contribution in [0, 0.1) is 6.92 Å². The van der Waals surface area contributed by atoms with Gasteiger partial charge in [0.05, 0.1) is 18.2 Å². The Morgan fingerprint density at radius 1 is 1.50 bits per heavy atom. The lowest BCUT2D eigenvalue weighted by atomic mass is 10.2. The molecule has 1 heterocycles. The van der Waals surface area contributed by atoms with Crippen LogP contribution >= 0.6 is 11.6 Å². The lowest BCUT2D eigenvalue weighted by Crippen LogP contribution is -2.51. The Kier molecular flexibility index (Phi) is 5.26. The van der Waals surface area contributed by atoms with Crippen molar-refractivity contribution in [3.8, 4) is 5.75 Å². The molecule has 0 bridgehead atoms. The van der Waals surface area contributed by atoms with Crippen molar-refractivity contribution in [1.29, 1.82) is 0 Å². The maximum atomic E-state index is 12.4. The standard InChI is InChI=1S/C15H18ClNO5/c1-9-3-4-11(16)12(7-9)22-10(2)14(18)17-5-6-21-13(8-17)15(19)20/h3-4,7,10,13H,5-6,8H2,1-2H3,(H,19,20)/t10-,13-/m1/s1. The van der Waals surface area contributed by atoms with Gasteiger partial charge in [-0.05, 0) is 31.5 Å². The van der Waals surface area contributed by atoms with Crippen LogP contribution in [0.25, 0.3) is 0 Å². The minimum Gasteiger partial charge on any atom is -0.479 e. The number of aliphatic carboxylic acids is 1. The summed E-state index contributed by atoms with van der Waals surface area (Å²) in [5, 5.41) is 9.39. The summed E-state index contributed by atoms with van der Waals surface area (Å²) in [6.45, 7) is 4.07. The second kappa shape index (κ2) is 6.98. The van der Waals surface area contributed by atoms with E-state index in [1.807, 2.05) is 13.0 Å². The van der Waals surface area contributed by atoms with Crippen molar-refractivity contribution in [1.82, 2.24) is 4.90 Å². The van der Waals surface area contributed by atoms with Crippen LogP contribution in [0.5, 0.6) is 5.75 Å². The first-order chi connectivity index (χ1) is 10.4. The number of hydrogen-bond donors (Lipinski definition) is 1. The molecule has 1 fully saturated rings. The van der Waals surface area contributed by atoms with Gasteiger partial charge in [-0.2, -0.15) is 0 Å². The highest BCUT2D eigenvalue weighted by molar-refractivity contribution is 6.32. The molecule has 6 nitrogen and oxygen atoms in total. The third-order valence-electron chi connectivity index (χ3n) is 3.39. The Hall–Kier alpha value is -1.79. The van der Waals surface area contributed by atoms with E-state index in [1.165, 1.54) is 4.90 Å². The third-order valence-corrected chi connectivity index (χ3v) is 3.70. The molecule has 0 aromatic heterocycles. The van der Waals surface area contributed by atoms with Crippen molar-refractivity contribution in [2.75, 3.05) is 19.7 Å². The molecule has 22 heavy (non-hydrogen) atoms. The normalized spacial score (nSPS) is 19.6. The minimum atomic E-state index is -1.08. The molecule has 1 aromatic carbocycles. The summed E-state index contributed by atoms with van der Waals surface area (Å²) in [6, 6.07) is 5.31. The van der Waals surface area contributed by atoms with E-state index in [4.69, 9.17) is 26.2 Å². The largest absolute Gasteiger partial charge is 0.479 e. The van der Waals surface area contributed by atoms with Crippen molar-refractivity contribution in [3.63, 3.8) is 0 Å². The fourth-order valence-electron chi connectivity index (χ4n) is 2.20. The molecule has 7 heteroatoms. The molecule has 1 amide bonds. The predicted octanol–water partition coefficient (Wildman–Crippen LogP) is 1.73. The number of carboxylic acids is 1. The van der Waals surface area contributed by atoms with Gasteiger partial charge in [-0.15, -0.1) is 0 Å². The molecule has 2 atom stereocenters. The number of rotatable bonds is 4. The van der Waals surface area contributed by atoms with Crippen LogP contribution in [0.4, 0.5) is 0 Å². The van der Waals surface area contributed by atoms with Crippen molar-refractivity contribution in [2.45, 2.75) is 26.1 Å². The van der Waals surface area contributed by atoms with Crippen LogP contribution in [0.1, 0.15) is 12.5 Å². The van der Waals surface area contributed by atoms with Gasteiger partial charge in [0.2, 0.25) is 0 Å². The first-order valence-electron chi connectivity index (χ1n) is 6.94. The molecule has 0 saturated carbocycles. The lowest BCUT2D eigenvalue weighted by molar-refractivity contribution is -0.161. The zero-order valence-corrected chi connectivity index (χ0v) is 13.2. The molecular weight excluding hydrogens is 310 g/mol. The molecule has 0 unspecified atom stereocenters. The van der Waals surface area contributed by atoms with Crippen molar-refractivity contribution < 1.29 is 24.2 Å². The Morgan fingerprint density at radius 2 is 2.23 bits per heavy atom. The van der Waals surface area contributed by atoms with E-state index in [2.05, 4.69) is 0 Å². The summed E-state index contributed by atoms with van der Waals surface area (Å²) in [6.07, 6.45) is -1.75. The molecule has 1 aliphatic rings. The number of carbonyl (C=O) groups is 2. The van der Waals surface area contributed by atoms with Gasteiger partial charge in [-0.25, -0.2) is 4.79 Å². The number of ether oxygens (including phenoxy) is 2. The average Bonchev–Trinajstić information content (AvgIpc) is 2.50. The van der Waals surface area contributed by atoms with E-state index in [0.29, 0.717) is 17.3 Å². The highest BCUT2D eigenvalue weighted by Crippen LogP contribution is 2.26. The van der Waals surface area contributed by atoms with Crippen LogP contribution in [-0.4, -0.2) is 53.8 Å². The number of carbonyl (C=O) groups excluding carboxylic acids is 1. The molecule has 1 N–H and O–H groups in total. The lowest BCUT2D eigenvalue weighted by Gasteiger charge is -2.32. The van der Waals surface area contributed by atoms with Gasteiger partial charge >= 0.3 is 5.97 Å². The van der Waals surface area contributed by atoms with E-state index in [0.717, 1.165) is 5.56 Å². The van der Waals surface area contributed by atoms with Gasteiger partial charge in [0.25, 0.3) is 5.91 Å². The highest BCUT2D eigenvalue weighted by Gasteiger charge is 2.31. The van der Waals surface area contributed by atoms with E-state index in [1.54, 1.807) is 19.1 Å². The van der Waals surface area contributed by atoms with Crippen LogP contribution in [0.2, 0.25) is 5.02 Å². The summed E-state index contributed by atoms with van der Waals surface area (Å²) in [4.78, 5) is 24.8. The van der Waals surface area contributed by atoms with Gasteiger partial charge < -0.3 is 19.5 Å². The number of carboxylic acid groups (broad SMARTS) is 1. The number of nitrogens with zero attached hydrogens (tertiary/aromatic N) is 1. The van der Waals surface area contributed by atoms with E-state index >= 15 is 0 Å². The van der Waals surface area contributed by atoms with Crippen LogP contribution in [-0.2, 0) is 14.3 Å². The van der Waals surface area contributed by atoms with Gasteiger partial charge in [0.15, 0.2) is 12.2 Å². The smallest absolute Gasteiger partial charge is 0.334 e. The van der Waals surface area contributed by atoms with Gasteiger partial charge in [0.1, 0.15) is 5.75 Å². The molecule has 120 valence electrons. The number of morpholine rings is 1. The topological polar surface area (TPSA) is 76.1 Å². The Balaban J connectivity index is 2.02. The van der Waals surface area contributed by atoms with Crippen molar-refractivity contribution in [3.05, 3.63) is 28.8 Å². The quantitative estimate of drug-likeness (QED) is 0.911. The summed E-state index contributed by atoms with van der Waals surface area (Å²) in [7, 11) is 0. The zero-order valence-electron chi connectivity index (χ0n) is 12.4. The van der Waals surface area contributed by atoms with Gasteiger partial charge in [-0.3, -0.25) is 4.79 Å². The summed E-state index contributed by atoms with van der Waals surface area (Å²) in [5.74, 6) is -0.925. The maximum absolute atomic E-state index is 12.4. The number of benzene rings is 1. The monoisotopic (exact) mass is 327 g/mol. The summed E-state index contributed by atoms with van der Waals surface area (Å²) >= 11 is 6.05. The molecule has 0 aliphatic carbocycles. The maximum Gasteiger partial charge on any atom is 0.334 e. The molecular formula is C15H18ClNO5. The van der Waals surface area contributed by atoms with E-state index in [-0.39, 0.29) is 19.1 Å². The first kappa shape index (κ1) is 16.6. The molecule has 2 rings (SSSR count). The molecule has 1 aromatic rings. The number of amides is 1. The van der Waals surface area contributed by atoms with Crippen LogP contribution in [0.3, 0.4) is 0 Å². The second-order valence-electron chi connectivity index (χ2n) is 5.18. The number of halogens is 1. The molecule has 1 saturated heterocycles. The SMILES string of the molecule is Cc1ccc(Cl)c(O[C@H](C)C(=O)N2CCO[C@@H](C(=O)O)C2)c1. The Labute approximate surface area is 133 Å². The fraction of sp³-hybridized carbons (Fsp3) is 0.467. The summed E-state index contributed by atoms with van der Waals surface area (Å²) in [5.41, 5.74) is 0.969.